The highest BCUT2D eigenvalue weighted by atomic mass is 127. The SMILES string of the molecule is N#[13C]Cc1ccccc1COCCOCCCc1ccccc1I. The zero-order chi connectivity index (χ0) is 17.0. The summed E-state index contributed by atoms with van der Waals surface area (Å²) in [6.07, 6.45) is 2.49. The van der Waals surface area contributed by atoms with Crippen molar-refractivity contribution in [2.75, 3.05) is 19.8 Å². The minimum atomic E-state index is 0.425. The maximum Gasteiger partial charge on any atom is 0.0721 e. The number of hydrogen-bond acceptors (Lipinski definition) is 3. The molecule has 0 amide bonds. The molecule has 2 rings (SSSR count). The Balaban J connectivity index is 1.56. The van der Waals surface area contributed by atoms with Gasteiger partial charge in [-0.3, -0.25) is 0 Å². The molecule has 3 nitrogen and oxygen atoms in total. The number of nitriles is 1. The van der Waals surface area contributed by atoms with E-state index in [0.29, 0.717) is 26.2 Å². The largest absolute Gasteiger partial charge is 0.379 e. The number of benzene rings is 2. The number of nitrogens with zero attached hydrogens (tertiary/aromatic N) is 1. The lowest BCUT2D eigenvalue weighted by Crippen LogP contribution is -2.07. The van der Waals surface area contributed by atoms with Gasteiger partial charge in [-0.25, -0.2) is 0 Å². The van der Waals surface area contributed by atoms with Crippen molar-refractivity contribution in [2.45, 2.75) is 25.9 Å². The summed E-state index contributed by atoms with van der Waals surface area (Å²) < 4.78 is 12.6. The minimum Gasteiger partial charge on any atom is -0.379 e. The summed E-state index contributed by atoms with van der Waals surface area (Å²) in [7, 11) is 0. The Kier molecular flexibility index (Phi) is 8.82. The first-order valence-corrected chi connectivity index (χ1v) is 9.21. The Bertz CT molecular complexity index is 667. The second kappa shape index (κ2) is 11.2. The summed E-state index contributed by atoms with van der Waals surface area (Å²) in [5, 5.41) is 8.82. The monoisotopic (exact) mass is 436 g/mol. The fourth-order valence-corrected chi connectivity index (χ4v) is 3.08. The molecule has 2 aromatic carbocycles. The van der Waals surface area contributed by atoms with Crippen LogP contribution in [0.25, 0.3) is 0 Å². The molecule has 0 aliphatic rings. The average Bonchev–Trinajstić information content (AvgIpc) is 2.60. The normalized spacial score (nSPS) is 10.5. The number of ether oxygens (including phenoxy) is 2. The van der Waals surface area contributed by atoms with Crippen LogP contribution in [0, 0.1) is 14.9 Å². The van der Waals surface area contributed by atoms with Crippen LogP contribution in [-0.2, 0) is 28.9 Å². The molecule has 0 spiro atoms. The minimum absolute atomic E-state index is 0.425. The van der Waals surface area contributed by atoms with Gasteiger partial charge in [0.15, 0.2) is 0 Å². The molecule has 0 N–H and O–H groups in total. The molecule has 0 aliphatic heterocycles. The van der Waals surface area contributed by atoms with Crippen molar-refractivity contribution in [1.29, 1.82) is 5.26 Å². The lowest BCUT2D eigenvalue weighted by molar-refractivity contribution is 0.0397. The van der Waals surface area contributed by atoms with Gasteiger partial charge in [0.1, 0.15) is 0 Å². The van der Waals surface area contributed by atoms with Crippen molar-refractivity contribution >= 4 is 22.6 Å². The van der Waals surface area contributed by atoms with Gasteiger partial charge < -0.3 is 9.47 Å². The van der Waals surface area contributed by atoms with E-state index < -0.39 is 0 Å². The van der Waals surface area contributed by atoms with Crippen molar-refractivity contribution in [2.24, 2.45) is 0 Å². The summed E-state index contributed by atoms with van der Waals surface area (Å²) in [5.74, 6) is 0. The van der Waals surface area contributed by atoms with Gasteiger partial charge in [0.25, 0.3) is 0 Å². The Morgan fingerprint density at radius 1 is 0.833 bits per heavy atom. The summed E-state index contributed by atoms with van der Waals surface area (Å²) >= 11 is 2.37. The molecule has 0 bridgehead atoms. The van der Waals surface area contributed by atoms with Gasteiger partial charge in [0.2, 0.25) is 0 Å². The molecule has 0 radical (unpaired) electrons. The number of aryl methyl sites for hydroxylation is 1. The van der Waals surface area contributed by atoms with E-state index in [1.54, 1.807) is 0 Å². The number of rotatable bonds is 10. The lowest BCUT2D eigenvalue weighted by atomic mass is 10.1. The highest BCUT2D eigenvalue weighted by Crippen LogP contribution is 2.13. The van der Waals surface area contributed by atoms with E-state index in [0.717, 1.165) is 30.6 Å². The van der Waals surface area contributed by atoms with Crippen LogP contribution in [0.5, 0.6) is 0 Å². The Labute approximate surface area is 157 Å². The van der Waals surface area contributed by atoms with Crippen LogP contribution in [0.3, 0.4) is 0 Å². The lowest BCUT2D eigenvalue weighted by Gasteiger charge is -2.09. The molecule has 0 saturated heterocycles. The topological polar surface area (TPSA) is 42.2 Å². The van der Waals surface area contributed by atoms with Crippen molar-refractivity contribution in [3.8, 4) is 6.07 Å². The van der Waals surface area contributed by atoms with E-state index in [2.05, 4.69) is 52.9 Å². The third-order valence-corrected chi connectivity index (χ3v) is 4.76. The van der Waals surface area contributed by atoms with Crippen LogP contribution in [0.4, 0.5) is 0 Å². The fraction of sp³-hybridized carbons (Fsp3) is 0.350. The molecule has 2 aromatic rings. The highest BCUT2D eigenvalue weighted by Gasteiger charge is 2.01. The summed E-state index contributed by atoms with van der Waals surface area (Å²) in [5.41, 5.74) is 3.50. The Hall–Kier alpha value is -1.42. The highest BCUT2D eigenvalue weighted by molar-refractivity contribution is 14.1. The van der Waals surface area contributed by atoms with Crippen molar-refractivity contribution in [3.63, 3.8) is 0 Å². The molecule has 0 fully saturated rings. The molecular formula is C20H22INO2. The van der Waals surface area contributed by atoms with Gasteiger partial charge in [-0.2, -0.15) is 5.26 Å². The zero-order valence-electron chi connectivity index (χ0n) is 13.7. The van der Waals surface area contributed by atoms with E-state index in [9.17, 15) is 0 Å². The van der Waals surface area contributed by atoms with Crippen LogP contribution in [0.2, 0.25) is 0 Å². The van der Waals surface area contributed by atoms with E-state index in [1.165, 1.54) is 9.13 Å². The third kappa shape index (κ3) is 6.60. The first-order valence-electron chi connectivity index (χ1n) is 8.14. The summed E-state index contributed by atoms with van der Waals surface area (Å²) in [4.78, 5) is 0. The fourth-order valence-electron chi connectivity index (χ4n) is 2.42. The molecule has 24 heavy (non-hydrogen) atoms. The molecule has 0 atom stereocenters. The van der Waals surface area contributed by atoms with Gasteiger partial charge >= 0.3 is 0 Å². The zero-order valence-corrected chi connectivity index (χ0v) is 15.9. The van der Waals surface area contributed by atoms with Gasteiger partial charge in [0, 0.05) is 10.2 Å². The van der Waals surface area contributed by atoms with E-state index in [4.69, 9.17) is 14.7 Å². The van der Waals surface area contributed by atoms with Crippen LogP contribution in [0.15, 0.2) is 48.5 Å². The standard InChI is InChI=1S/C20H22INO2/c21-20-10-4-3-7-18(20)9-5-13-23-14-15-24-16-19-8-2-1-6-17(19)11-12-22/h1-4,6-8,10H,5,9,11,13-16H2/i12+1. The third-order valence-electron chi connectivity index (χ3n) is 3.71. The van der Waals surface area contributed by atoms with Crippen LogP contribution >= 0.6 is 22.6 Å². The quantitative estimate of drug-likeness (QED) is 0.313. The molecule has 0 aromatic heterocycles. The Morgan fingerprint density at radius 3 is 2.25 bits per heavy atom. The predicted molar refractivity (Wildman–Crippen MR) is 104 cm³/mol. The van der Waals surface area contributed by atoms with Crippen molar-refractivity contribution in [3.05, 3.63) is 68.8 Å². The molecule has 126 valence electrons. The predicted octanol–water partition coefficient (Wildman–Crippen LogP) is 4.52. The molecule has 0 aliphatic carbocycles. The number of hydrogen-bond donors (Lipinski definition) is 0. The van der Waals surface area contributed by atoms with Crippen LogP contribution in [-0.4, -0.2) is 19.8 Å². The van der Waals surface area contributed by atoms with E-state index in [1.807, 2.05) is 24.3 Å². The molecular weight excluding hydrogens is 414 g/mol. The van der Waals surface area contributed by atoms with Gasteiger partial charge in [-0.1, -0.05) is 42.5 Å². The maximum absolute atomic E-state index is 8.82. The van der Waals surface area contributed by atoms with Gasteiger partial charge in [0.05, 0.1) is 32.3 Å². The van der Waals surface area contributed by atoms with E-state index >= 15 is 0 Å². The number of halogens is 1. The van der Waals surface area contributed by atoms with Crippen molar-refractivity contribution in [1.82, 2.24) is 0 Å². The molecule has 0 heterocycles. The first kappa shape index (κ1) is 18.9. The van der Waals surface area contributed by atoms with Gasteiger partial charge in [-0.05, 0) is 58.2 Å². The van der Waals surface area contributed by atoms with Gasteiger partial charge in [-0.15, -0.1) is 0 Å². The van der Waals surface area contributed by atoms with Crippen LogP contribution in [0.1, 0.15) is 23.1 Å². The van der Waals surface area contributed by atoms with E-state index in [-0.39, 0.29) is 0 Å². The second-order valence-electron chi connectivity index (χ2n) is 5.46. The smallest absolute Gasteiger partial charge is 0.0721 e. The second-order valence-corrected chi connectivity index (χ2v) is 6.63. The maximum atomic E-state index is 8.82. The summed E-state index contributed by atoms with van der Waals surface area (Å²) in [6.45, 7) is 2.46. The Morgan fingerprint density at radius 2 is 1.50 bits per heavy atom. The van der Waals surface area contributed by atoms with Crippen LogP contribution < -0.4 is 0 Å². The molecule has 0 unspecified atom stereocenters. The average molecular weight is 436 g/mol. The molecule has 4 heteroatoms. The first-order chi connectivity index (χ1) is 11.8. The van der Waals surface area contributed by atoms with Crippen molar-refractivity contribution < 1.29 is 9.47 Å². The molecule has 0 saturated carbocycles. The summed E-state index contributed by atoms with van der Waals surface area (Å²) in [6, 6.07) is 18.5.